The number of benzene rings is 3. The van der Waals surface area contributed by atoms with Crippen molar-refractivity contribution < 1.29 is 24.2 Å². The van der Waals surface area contributed by atoms with E-state index in [-0.39, 0.29) is 42.2 Å². The van der Waals surface area contributed by atoms with Gasteiger partial charge in [0.1, 0.15) is 11.2 Å². The highest BCUT2D eigenvalue weighted by Gasteiger charge is 2.28. The lowest BCUT2D eigenvalue weighted by Crippen LogP contribution is -2.42. The molecular formula is C42H42ClN5O6. The second kappa shape index (κ2) is 14.6. The van der Waals surface area contributed by atoms with Gasteiger partial charge in [0.15, 0.2) is 0 Å². The number of carbonyl (C=O) groups is 3. The number of carbonyl (C=O) groups excluding carboxylic acids is 2. The molecule has 278 valence electrons. The van der Waals surface area contributed by atoms with Crippen LogP contribution in [0, 0.1) is 6.92 Å². The molecular weight excluding hydrogens is 706 g/mol. The molecule has 0 radical (unpaired) electrons. The van der Waals surface area contributed by atoms with Gasteiger partial charge in [-0.05, 0) is 98.0 Å². The highest BCUT2D eigenvalue weighted by molar-refractivity contribution is 6.36. The number of ether oxygens (including phenoxy) is 1. The molecule has 2 aromatic heterocycles. The highest BCUT2D eigenvalue weighted by atomic mass is 35.5. The fourth-order valence-electron chi connectivity index (χ4n) is 7.45. The van der Waals surface area contributed by atoms with Crippen LogP contribution in [-0.4, -0.2) is 61.7 Å². The number of aromatic nitrogens is 2. The van der Waals surface area contributed by atoms with Gasteiger partial charge in [-0.2, -0.15) is 0 Å². The van der Waals surface area contributed by atoms with Crippen LogP contribution < -0.4 is 16.2 Å². The fraction of sp³-hybridized carbons (Fsp3) is 0.310. The van der Waals surface area contributed by atoms with E-state index in [2.05, 4.69) is 33.8 Å². The summed E-state index contributed by atoms with van der Waals surface area (Å²) in [5, 5.41) is 16.2. The SMILES string of the molecule is Cc1c(-c2ccn3c(=O)c(CN(C[C@@H]4CCC(=O)N4)C(=O)O)cnc3c2)cccc1-c1cccc(-c2ccc3c(c2)CC(NC(=O)OC(C)(C)C)C3)c1Cl. The number of amides is 3. The van der Waals surface area contributed by atoms with Crippen LogP contribution in [0.2, 0.25) is 5.02 Å². The molecule has 1 aliphatic heterocycles. The Balaban J connectivity index is 1.12. The third-order valence-corrected chi connectivity index (χ3v) is 10.4. The lowest BCUT2D eigenvalue weighted by Gasteiger charge is -2.22. The van der Waals surface area contributed by atoms with Crippen molar-refractivity contribution in [2.45, 2.75) is 77.6 Å². The van der Waals surface area contributed by atoms with Crippen molar-refractivity contribution in [1.82, 2.24) is 24.9 Å². The summed E-state index contributed by atoms with van der Waals surface area (Å²) in [6.07, 6.45) is 3.85. The Bertz CT molecular complexity index is 2370. The van der Waals surface area contributed by atoms with E-state index < -0.39 is 17.8 Å². The molecule has 0 bridgehead atoms. The summed E-state index contributed by atoms with van der Waals surface area (Å²) >= 11 is 7.20. The van der Waals surface area contributed by atoms with Gasteiger partial charge < -0.3 is 25.4 Å². The number of halogens is 1. The smallest absolute Gasteiger partial charge is 0.407 e. The normalized spacial score (nSPS) is 16.6. The van der Waals surface area contributed by atoms with E-state index in [9.17, 15) is 24.3 Å². The summed E-state index contributed by atoms with van der Waals surface area (Å²) in [6.45, 7) is 7.54. The first-order valence-corrected chi connectivity index (χ1v) is 18.4. The average Bonchev–Trinajstić information content (AvgIpc) is 3.72. The molecule has 12 heteroatoms. The third kappa shape index (κ3) is 7.68. The maximum Gasteiger partial charge on any atom is 0.407 e. The van der Waals surface area contributed by atoms with E-state index >= 15 is 0 Å². The van der Waals surface area contributed by atoms with Crippen molar-refractivity contribution in [3.8, 4) is 33.4 Å². The van der Waals surface area contributed by atoms with Crippen LogP contribution in [0.4, 0.5) is 9.59 Å². The number of fused-ring (bicyclic) bond motifs is 2. The molecule has 3 amide bonds. The Hall–Kier alpha value is -5.68. The van der Waals surface area contributed by atoms with Crippen LogP contribution in [0.5, 0.6) is 0 Å². The van der Waals surface area contributed by atoms with Gasteiger partial charge >= 0.3 is 12.2 Å². The zero-order valence-electron chi connectivity index (χ0n) is 30.6. The summed E-state index contributed by atoms with van der Waals surface area (Å²) in [4.78, 5) is 55.2. The maximum atomic E-state index is 13.5. The summed E-state index contributed by atoms with van der Waals surface area (Å²) < 4.78 is 6.88. The predicted molar refractivity (Wildman–Crippen MR) is 208 cm³/mol. The van der Waals surface area contributed by atoms with E-state index in [0.717, 1.165) is 50.3 Å². The lowest BCUT2D eigenvalue weighted by molar-refractivity contribution is -0.119. The number of pyridine rings is 1. The Morgan fingerprint density at radius 3 is 2.41 bits per heavy atom. The van der Waals surface area contributed by atoms with Crippen molar-refractivity contribution in [2.24, 2.45) is 0 Å². The number of nitrogens with zero attached hydrogens (tertiary/aromatic N) is 3. The second-order valence-corrected chi connectivity index (χ2v) is 15.5. The number of hydrogen-bond acceptors (Lipinski definition) is 6. The van der Waals surface area contributed by atoms with E-state index in [1.807, 2.05) is 76.2 Å². The molecule has 1 unspecified atom stereocenters. The molecule has 5 aromatic rings. The first-order valence-electron chi connectivity index (χ1n) is 18.0. The van der Waals surface area contributed by atoms with Gasteiger partial charge in [0.25, 0.3) is 5.56 Å². The minimum Gasteiger partial charge on any atom is -0.465 e. The predicted octanol–water partition coefficient (Wildman–Crippen LogP) is 7.41. The van der Waals surface area contributed by atoms with Crippen molar-refractivity contribution in [1.29, 1.82) is 0 Å². The number of carboxylic acid groups (broad SMARTS) is 1. The fourth-order valence-corrected chi connectivity index (χ4v) is 7.79. The van der Waals surface area contributed by atoms with Crippen LogP contribution in [-0.2, 0) is 28.9 Å². The van der Waals surface area contributed by atoms with Gasteiger partial charge in [0.2, 0.25) is 5.91 Å². The van der Waals surface area contributed by atoms with Crippen LogP contribution in [0.3, 0.4) is 0 Å². The van der Waals surface area contributed by atoms with Crippen molar-refractivity contribution in [3.63, 3.8) is 0 Å². The maximum absolute atomic E-state index is 13.5. The first kappa shape index (κ1) is 36.7. The van der Waals surface area contributed by atoms with Gasteiger partial charge in [-0.25, -0.2) is 14.6 Å². The van der Waals surface area contributed by atoms with Crippen molar-refractivity contribution >= 4 is 35.3 Å². The molecule has 1 saturated heterocycles. The molecule has 1 aliphatic carbocycles. The number of nitrogens with one attached hydrogen (secondary N) is 2. The Kier molecular flexibility index (Phi) is 9.93. The standard InChI is InChI=1S/C42H42ClN5O6/c1-24-32(27-15-16-48-36(20-27)44-21-29(39(48)50)22-47(41(52)53)23-30-13-14-37(49)45-30)7-5-8-33(24)35-10-6-9-34(38(35)43)26-12-11-25-18-31(19-28(25)17-26)46-40(51)54-42(2,3)4/h5-12,15-17,20-21,30-31H,13-14,18-19,22-23H2,1-4H3,(H,45,49)(H,46,51)(H,52,53)/t30-,31?/m0/s1. The van der Waals surface area contributed by atoms with E-state index in [1.165, 1.54) is 21.7 Å². The number of rotatable bonds is 8. The topological polar surface area (TPSA) is 142 Å². The Morgan fingerprint density at radius 2 is 1.69 bits per heavy atom. The molecule has 7 rings (SSSR count). The van der Waals surface area contributed by atoms with Crippen LogP contribution in [0.15, 0.2) is 83.9 Å². The monoisotopic (exact) mass is 747 g/mol. The summed E-state index contributed by atoms with van der Waals surface area (Å²) in [6, 6.07) is 21.8. The molecule has 0 spiro atoms. The summed E-state index contributed by atoms with van der Waals surface area (Å²) in [5.41, 5.74) is 8.67. The van der Waals surface area contributed by atoms with Crippen LogP contribution in [0.25, 0.3) is 39.0 Å². The van der Waals surface area contributed by atoms with Crippen LogP contribution >= 0.6 is 11.6 Å². The Labute approximate surface area is 317 Å². The average molecular weight is 748 g/mol. The molecule has 2 aliphatic rings. The zero-order chi connectivity index (χ0) is 38.3. The van der Waals surface area contributed by atoms with Gasteiger partial charge in [0, 0.05) is 48.6 Å². The van der Waals surface area contributed by atoms with Gasteiger partial charge in [-0.1, -0.05) is 66.2 Å². The molecule has 2 atom stereocenters. The van der Waals surface area contributed by atoms with Crippen molar-refractivity contribution in [3.05, 3.63) is 117 Å². The second-order valence-electron chi connectivity index (χ2n) is 15.1. The molecule has 3 N–H and O–H groups in total. The third-order valence-electron chi connectivity index (χ3n) is 10.0. The molecule has 11 nitrogen and oxygen atoms in total. The van der Waals surface area contributed by atoms with Crippen LogP contribution in [0.1, 0.15) is 55.9 Å². The molecule has 3 aromatic carbocycles. The minimum atomic E-state index is -1.17. The Morgan fingerprint density at radius 1 is 0.981 bits per heavy atom. The van der Waals surface area contributed by atoms with E-state index in [1.54, 1.807) is 6.20 Å². The summed E-state index contributed by atoms with van der Waals surface area (Å²) in [5.74, 6) is -0.104. The highest BCUT2D eigenvalue weighted by Crippen LogP contribution is 2.41. The van der Waals surface area contributed by atoms with E-state index in [0.29, 0.717) is 29.9 Å². The lowest BCUT2D eigenvalue weighted by atomic mass is 9.91. The zero-order valence-corrected chi connectivity index (χ0v) is 31.4. The quantitative estimate of drug-likeness (QED) is 0.150. The van der Waals surface area contributed by atoms with E-state index in [4.69, 9.17) is 16.3 Å². The van der Waals surface area contributed by atoms with Gasteiger partial charge in [0.05, 0.1) is 17.1 Å². The number of alkyl carbamates (subject to hydrolysis) is 1. The minimum absolute atomic E-state index is 0.0383. The van der Waals surface area contributed by atoms with Gasteiger partial charge in [-0.3, -0.25) is 14.0 Å². The summed E-state index contributed by atoms with van der Waals surface area (Å²) in [7, 11) is 0. The van der Waals surface area contributed by atoms with Gasteiger partial charge in [-0.15, -0.1) is 0 Å². The molecule has 1 fully saturated rings. The molecule has 3 heterocycles. The molecule has 0 saturated carbocycles. The first-order chi connectivity index (χ1) is 25.7. The van der Waals surface area contributed by atoms with Crippen molar-refractivity contribution in [2.75, 3.05) is 6.54 Å². The largest absolute Gasteiger partial charge is 0.465 e. The molecule has 54 heavy (non-hydrogen) atoms. The number of hydrogen-bond donors (Lipinski definition) is 3.